The maximum atomic E-state index is 11.9. The van der Waals surface area contributed by atoms with E-state index in [0.29, 0.717) is 18.5 Å². The zero-order valence-electron chi connectivity index (χ0n) is 15.8. The van der Waals surface area contributed by atoms with Crippen LogP contribution in [0.3, 0.4) is 0 Å². The average Bonchev–Trinajstić information content (AvgIpc) is 3.04. The number of carbonyl (C=O) groups is 1. The fourth-order valence-electron chi connectivity index (χ4n) is 2.26. The maximum absolute atomic E-state index is 11.9. The van der Waals surface area contributed by atoms with Crippen LogP contribution in [0.1, 0.15) is 52.7 Å². The lowest BCUT2D eigenvalue weighted by atomic mass is 10.0. The molecule has 0 fully saturated rings. The van der Waals surface area contributed by atoms with Gasteiger partial charge in [0.15, 0.2) is 5.96 Å². The molecular weight excluding hydrogens is 431 g/mol. The van der Waals surface area contributed by atoms with Crippen LogP contribution in [0.15, 0.2) is 27.8 Å². The molecule has 0 radical (unpaired) electrons. The highest BCUT2D eigenvalue weighted by molar-refractivity contribution is 14.0. The first-order valence-electron chi connectivity index (χ1n) is 8.85. The lowest BCUT2D eigenvalue weighted by Gasteiger charge is -2.18. The first-order valence-corrected chi connectivity index (χ1v) is 8.85. The number of rotatable bonds is 10. The Labute approximate surface area is 168 Å². The molecule has 0 aliphatic rings. The third-order valence-corrected chi connectivity index (χ3v) is 3.57. The van der Waals surface area contributed by atoms with Crippen LogP contribution in [0.2, 0.25) is 0 Å². The summed E-state index contributed by atoms with van der Waals surface area (Å²) in [6, 6.07) is 3.95. The van der Waals surface area contributed by atoms with Gasteiger partial charge < -0.3 is 20.4 Å². The molecule has 1 atom stereocenters. The molecule has 1 amide bonds. The van der Waals surface area contributed by atoms with Crippen LogP contribution < -0.4 is 16.0 Å². The Morgan fingerprint density at radius 2 is 2.00 bits per heavy atom. The second-order valence-corrected chi connectivity index (χ2v) is 6.42. The molecule has 0 aromatic carbocycles. The van der Waals surface area contributed by atoms with E-state index in [1.807, 2.05) is 13.0 Å². The van der Waals surface area contributed by atoms with Gasteiger partial charge in [0.25, 0.3) is 0 Å². The third-order valence-electron chi connectivity index (χ3n) is 3.57. The highest BCUT2D eigenvalue weighted by Crippen LogP contribution is 2.08. The van der Waals surface area contributed by atoms with Crippen molar-refractivity contribution in [3.8, 4) is 0 Å². The number of aliphatic imine (C=N–C) groups is 1. The second-order valence-electron chi connectivity index (χ2n) is 6.42. The van der Waals surface area contributed by atoms with E-state index in [0.717, 1.165) is 24.6 Å². The molecule has 1 unspecified atom stereocenters. The Morgan fingerprint density at radius 1 is 1.24 bits per heavy atom. The van der Waals surface area contributed by atoms with Crippen molar-refractivity contribution < 1.29 is 9.21 Å². The Hall–Kier alpha value is -1.25. The molecule has 1 heterocycles. The van der Waals surface area contributed by atoms with E-state index >= 15 is 0 Å². The normalized spacial score (nSPS) is 12.4. The summed E-state index contributed by atoms with van der Waals surface area (Å²) in [5.41, 5.74) is 0. The number of nitrogens with zero attached hydrogens (tertiary/aromatic N) is 1. The molecule has 1 aromatic heterocycles. The summed E-state index contributed by atoms with van der Waals surface area (Å²) in [6.07, 6.45) is 5.10. The van der Waals surface area contributed by atoms with Crippen LogP contribution in [0.4, 0.5) is 0 Å². The third kappa shape index (κ3) is 11.9. The number of carbonyl (C=O) groups excluding carboxylic acids is 1. The molecule has 25 heavy (non-hydrogen) atoms. The number of nitrogens with one attached hydrogen (secondary N) is 3. The summed E-state index contributed by atoms with van der Waals surface area (Å²) in [4.78, 5) is 16.2. The van der Waals surface area contributed by atoms with E-state index in [4.69, 9.17) is 4.42 Å². The SMILES string of the molecule is CCNC(=NCC(=O)NCc1ccco1)NC(C)CCCC(C)C.I. The molecule has 0 aliphatic heterocycles. The molecule has 0 saturated heterocycles. The van der Waals surface area contributed by atoms with Crippen LogP contribution in [-0.4, -0.2) is 31.0 Å². The summed E-state index contributed by atoms with van der Waals surface area (Å²) in [5, 5.41) is 9.32. The van der Waals surface area contributed by atoms with Crippen LogP contribution in [0, 0.1) is 5.92 Å². The molecule has 144 valence electrons. The van der Waals surface area contributed by atoms with Crippen molar-refractivity contribution in [3.05, 3.63) is 24.2 Å². The molecule has 1 rings (SSSR count). The molecule has 0 aliphatic carbocycles. The molecule has 0 bridgehead atoms. The summed E-state index contributed by atoms with van der Waals surface area (Å²) in [7, 11) is 0. The van der Waals surface area contributed by atoms with Gasteiger partial charge in [0.1, 0.15) is 12.3 Å². The summed E-state index contributed by atoms with van der Waals surface area (Å²) >= 11 is 0. The summed E-state index contributed by atoms with van der Waals surface area (Å²) < 4.78 is 5.18. The number of guanidine groups is 1. The van der Waals surface area contributed by atoms with E-state index < -0.39 is 0 Å². The zero-order valence-corrected chi connectivity index (χ0v) is 18.1. The number of furan rings is 1. The van der Waals surface area contributed by atoms with Crippen LogP contribution in [0.25, 0.3) is 0 Å². The van der Waals surface area contributed by atoms with Crippen LogP contribution in [0.5, 0.6) is 0 Å². The van der Waals surface area contributed by atoms with Crippen molar-refractivity contribution in [3.63, 3.8) is 0 Å². The maximum Gasteiger partial charge on any atom is 0.242 e. The number of halogens is 1. The van der Waals surface area contributed by atoms with Gasteiger partial charge in [0.05, 0.1) is 12.8 Å². The van der Waals surface area contributed by atoms with Crippen molar-refractivity contribution >= 4 is 35.8 Å². The van der Waals surface area contributed by atoms with Gasteiger partial charge in [-0.25, -0.2) is 4.99 Å². The van der Waals surface area contributed by atoms with Gasteiger partial charge in [-0.2, -0.15) is 0 Å². The molecule has 7 heteroatoms. The van der Waals surface area contributed by atoms with Gasteiger partial charge in [0, 0.05) is 12.6 Å². The van der Waals surface area contributed by atoms with E-state index in [-0.39, 0.29) is 36.4 Å². The number of hydrogen-bond acceptors (Lipinski definition) is 3. The first-order chi connectivity index (χ1) is 11.5. The number of amides is 1. The summed E-state index contributed by atoms with van der Waals surface area (Å²) in [6.45, 7) is 9.88. The molecular formula is C18H33IN4O2. The van der Waals surface area contributed by atoms with E-state index in [1.165, 1.54) is 12.8 Å². The lowest BCUT2D eigenvalue weighted by Crippen LogP contribution is -2.43. The topological polar surface area (TPSA) is 78.7 Å². The average molecular weight is 464 g/mol. The van der Waals surface area contributed by atoms with E-state index in [9.17, 15) is 4.79 Å². The quantitative estimate of drug-likeness (QED) is 0.282. The molecule has 0 saturated carbocycles. The van der Waals surface area contributed by atoms with Crippen molar-refractivity contribution in [1.82, 2.24) is 16.0 Å². The van der Waals surface area contributed by atoms with Gasteiger partial charge >= 0.3 is 0 Å². The van der Waals surface area contributed by atoms with E-state index in [1.54, 1.807) is 12.3 Å². The van der Waals surface area contributed by atoms with Crippen LogP contribution >= 0.6 is 24.0 Å². The van der Waals surface area contributed by atoms with Gasteiger partial charge in [-0.05, 0) is 38.3 Å². The first kappa shape index (κ1) is 23.8. The van der Waals surface area contributed by atoms with Crippen molar-refractivity contribution in [2.45, 2.75) is 59.5 Å². The predicted octanol–water partition coefficient (Wildman–Crippen LogP) is 3.28. The van der Waals surface area contributed by atoms with Gasteiger partial charge in [-0.15, -0.1) is 24.0 Å². The minimum Gasteiger partial charge on any atom is -0.467 e. The van der Waals surface area contributed by atoms with Gasteiger partial charge in [0.2, 0.25) is 5.91 Å². The second kappa shape index (κ2) is 14.0. The minimum absolute atomic E-state index is 0. The molecule has 1 aromatic rings. The summed E-state index contributed by atoms with van der Waals surface area (Å²) in [5.74, 6) is 2.02. The largest absolute Gasteiger partial charge is 0.467 e. The molecule has 0 spiro atoms. The lowest BCUT2D eigenvalue weighted by molar-refractivity contribution is -0.119. The number of hydrogen-bond donors (Lipinski definition) is 3. The Kier molecular flexibility index (Phi) is 13.3. The Morgan fingerprint density at radius 3 is 2.60 bits per heavy atom. The smallest absolute Gasteiger partial charge is 0.242 e. The van der Waals surface area contributed by atoms with Crippen LogP contribution in [-0.2, 0) is 11.3 Å². The van der Waals surface area contributed by atoms with Crippen molar-refractivity contribution in [2.24, 2.45) is 10.9 Å². The Balaban J connectivity index is 0.00000576. The highest BCUT2D eigenvalue weighted by Gasteiger charge is 2.07. The van der Waals surface area contributed by atoms with Gasteiger partial charge in [-0.3, -0.25) is 4.79 Å². The monoisotopic (exact) mass is 464 g/mol. The fraction of sp³-hybridized carbons (Fsp3) is 0.667. The van der Waals surface area contributed by atoms with Gasteiger partial charge in [-0.1, -0.05) is 26.7 Å². The highest BCUT2D eigenvalue weighted by atomic mass is 127. The Bertz CT molecular complexity index is 489. The van der Waals surface area contributed by atoms with Crippen molar-refractivity contribution in [1.29, 1.82) is 0 Å². The predicted molar refractivity (Wildman–Crippen MR) is 113 cm³/mol. The standard InChI is InChI=1S/C18H32N4O2.HI/c1-5-19-18(22-15(4)9-6-8-14(2)3)21-13-17(23)20-12-16-10-7-11-24-16;/h7,10-11,14-15H,5-6,8-9,12-13H2,1-4H3,(H,20,23)(H2,19,21,22);1H. The molecule has 6 nitrogen and oxygen atoms in total. The molecule has 3 N–H and O–H groups in total. The van der Waals surface area contributed by atoms with Crippen molar-refractivity contribution in [2.75, 3.05) is 13.1 Å². The zero-order chi connectivity index (χ0) is 17.8. The minimum atomic E-state index is -0.129. The van der Waals surface area contributed by atoms with E-state index in [2.05, 4.69) is 41.7 Å². The fourth-order valence-corrected chi connectivity index (χ4v) is 2.26.